The van der Waals surface area contributed by atoms with Crippen LogP contribution in [0.4, 0.5) is 94.8 Å². The summed E-state index contributed by atoms with van der Waals surface area (Å²) in [7, 11) is 0. The molecule has 0 spiro atoms. The third-order valence-corrected chi connectivity index (χ3v) is 23.9. The number of nitro groups is 1. The van der Waals surface area contributed by atoms with E-state index >= 15 is 0 Å². The third-order valence-electron chi connectivity index (χ3n) is 23.9. The van der Waals surface area contributed by atoms with Crippen molar-refractivity contribution in [3.05, 3.63) is 246 Å². The molecular weight excluding hydrogens is 1690 g/mol. The quantitative estimate of drug-likeness (QED) is 0.0193. The van der Waals surface area contributed by atoms with Gasteiger partial charge in [0, 0.05) is 92.1 Å². The average Bonchev–Trinajstić information content (AvgIpc) is 1.58. The number of nitrogens with zero attached hydrogens (tertiary/aromatic N) is 6. The topological polar surface area (TPSA) is 352 Å². The Morgan fingerprint density at radius 3 is 1.32 bits per heavy atom. The van der Waals surface area contributed by atoms with Crippen molar-refractivity contribution in [2.24, 2.45) is 89.5 Å². The van der Waals surface area contributed by atoms with Gasteiger partial charge in [-0.05, 0) is 93.5 Å². The highest BCUT2D eigenvalue weighted by atomic mass is 19.2. The maximum absolute atomic E-state index is 14.3. The molecular formula is C82H76F19N13O10. The van der Waals surface area contributed by atoms with Gasteiger partial charge in [0.2, 0.25) is 0 Å². The third kappa shape index (κ3) is 16.7. The van der Waals surface area contributed by atoms with Gasteiger partial charge in [0.05, 0.1) is 34.4 Å². The summed E-state index contributed by atoms with van der Waals surface area (Å²) in [6.07, 6.45) is 1.95. The van der Waals surface area contributed by atoms with Gasteiger partial charge in [0.25, 0.3) is 35.7 Å². The summed E-state index contributed by atoms with van der Waals surface area (Å²) < 4.78 is 277. The fraction of sp³-hybridized carbons (Fsp3) is 0.415. The Morgan fingerprint density at radius 1 is 0.484 bits per heavy atom. The number of fused-ring (bicyclic) bond motifs is 6. The number of non-ortho nitro benzene ring substituents is 1. The van der Waals surface area contributed by atoms with E-state index < -0.39 is 208 Å². The molecule has 8 unspecified atom stereocenters. The van der Waals surface area contributed by atoms with Crippen LogP contribution < -0.4 is 39.5 Å². The Morgan fingerprint density at radius 2 is 0.911 bits per heavy atom. The van der Waals surface area contributed by atoms with E-state index in [1.54, 1.807) is 30.3 Å². The second-order valence-corrected chi connectivity index (χ2v) is 31.6. The van der Waals surface area contributed by atoms with Gasteiger partial charge in [-0.1, -0.05) is 71.9 Å². The number of aliphatic imine (C=N–C) groups is 4. The summed E-state index contributed by atoms with van der Waals surface area (Å²) in [6, 6.07) is 25.3. The lowest BCUT2D eigenvalue weighted by molar-refractivity contribution is -0.385. The van der Waals surface area contributed by atoms with Crippen LogP contribution in [0.1, 0.15) is 88.7 Å². The molecule has 1 saturated heterocycles. The lowest BCUT2D eigenvalue weighted by atomic mass is 9.85. The minimum atomic E-state index is -1.77. The molecule has 0 aromatic heterocycles. The number of aliphatic hydroxyl groups excluding tert-OH is 1. The molecule has 6 aliphatic heterocycles. The van der Waals surface area contributed by atoms with Gasteiger partial charge < -0.3 is 57.6 Å². The number of carbonyl (C=O) groups excluding carboxylic acids is 1. The average molecular weight is 1760 g/mol. The SMILES string of the molecule is FCC1=NOC2CC12.FC[C@]1(c2cccc(F)c2F)NOC2C[C@@H]21.NC1=N[C@](CF)(c2cc(N)cc(F)c2F)[C@H]2CC2O1.NC1=N[C@](CF)(c2cc([N+](=O)[O-])cc(F)c2F)[C@H]2CC2O1.NC1=N[C@](CF)(c2cccc(F)c2F)[C@H]2CC2O1.N[C@](CF)(c1cccc(F)c1F)[C@H]1CC1O.O=C(NC1=N[C@](CF)(c2cccc(F)c2F)[C@H]2CC2O1)c1ccccc1. The predicted molar refractivity (Wildman–Crippen MR) is 404 cm³/mol. The van der Waals surface area contributed by atoms with Crippen molar-refractivity contribution in [2.45, 2.75) is 121 Å². The number of alkyl halides is 7. The Kier molecular flexibility index (Phi) is 24.7. The first-order chi connectivity index (χ1) is 59.1. The zero-order valence-electron chi connectivity index (χ0n) is 64.5. The van der Waals surface area contributed by atoms with Crippen molar-refractivity contribution in [1.82, 2.24) is 10.8 Å². The van der Waals surface area contributed by atoms with E-state index in [-0.39, 0.29) is 99.8 Å². The largest absolute Gasteiger partial charge is 0.462 e. The van der Waals surface area contributed by atoms with Crippen molar-refractivity contribution >= 4 is 47.1 Å². The zero-order chi connectivity index (χ0) is 89.2. The molecule has 7 saturated carbocycles. The molecule has 1 amide bonds. The molecule has 0 bridgehead atoms. The standard InChI is InChI=1S/C19H15F3N2O2.C12H10F3N3O3.C12H12F3N3O.C12H11F3N2O.C11H10F3NO.C11H12F3NO.C5H6FNO/c20-10-19(12-7-4-8-14(21)16(12)22)13-9-15(13)26-18(24-19)23-17(25)11-5-2-1-3-6-11;13-4-12(6-3-9(6)21-11(16)17-12)7-1-5(18(19)20)2-8(14)10(7)15;13-4-12(6-3-9(6)19-11(17)18-12)7-1-5(16)2-8(14)10(7)15;13-5-12(6-2-1-3-8(14)10(6)15)7-4-9(7)18-11(16)17-12;12-5-11(7-4-9(7)16-15-11)6-2-1-3-8(13)10(6)14;12-5-11(15,7-4-9(7)16)6-2-1-3-8(13)10(6)14;6-2-4-3-1-5(3)8-7-4/h1-8,13,15H,9-10H2,(H,23,24,25);1-2,6,9H,3-4H2,(H2,16,17);1-2,6,9H,3-4,16H2,(H2,17,18);1-3,7,9H,4-5H2,(H2,16,17);1-3,7,9,15H,4-5H2;1-3,7,9,16H,4-5,15H2;3,5H,1-2H2/t13-,15?,19+;2*6-,9?,12-;7-,9?,12+;2*7-,9?,11+;/m000000./s1. The van der Waals surface area contributed by atoms with Crippen LogP contribution in [0.15, 0.2) is 153 Å². The molecule has 124 heavy (non-hydrogen) atoms. The molecule has 8 fully saturated rings. The van der Waals surface area contributed by atoms with Crippen molar-refractivity contribution in [1.29, 1.82) is 0 Å². The summed E-state index contributed by atoms with van der Waals surface area (Å²) in [5, 5.41) is 26.1. The minimum Gasteiger partial charge on any atom is -0.462 e. The summed E-state index contributed by atoms with van der Waals surface area (Å²) in [5.74, 6) is -15.8. The minimum absolute atomic E-state index is 0.0131. The number of carbonyl (C=O) groups is 1. The highest BCUT2D eigenvalue weighted by molar-refractivity contribution is 6.04. The number of nitro benzene ring substituents is 1. The molecule has 7 aliphatic carbocycles. The summed E-state index contributed by atoms with van der Waals surface area (Å²) in [6.45, 7) is -6.38. The Hall–Kier alpha value is -11.5. The van der Waals surface area contributed by atoms with E-state index in [0.717, 1.165) is 42.8 Å². The Bertz CT molecular complexity index is 5430. The van der Waals surface area contributed by atoms with Crippen LogP contribution in [0.2, 0.25) is 0 Å². The van der Waals surface area contributed by atoms with Crippen LogP contribution in [-0.2, 0) is 61.9 Å². The van der Waals surface area contributed by atoms with Gasteiger partial charge in [-0.2, -0.15) is 5.48 Å². The highest BCUT2D eigenvalue weighted by Gasteiger charge is 2.66. The van der Waals surface area contributed by atoms with Crippen LogP contribution >= 0.6 is 0 Å². The number of hydroxylamine groups is 1. The smallest absolute Gasteiger partial charge is 0.292 e. The molecule has 662 valence electrons. The van der Waals surface area contributed by atoms with E-state index in [0.29, 0.717) is 61.8 Å². The van der Waals surface area contributed by atoms with Gasteiger partial charge in [-0.25, -0.2) is 103 Å². The van der Waals surface area contributed by atoms with E-state index in [2.05, 4.69) is 35.9 Å². The molecule has 0 radical (unpaired) electrons. The number of anilines is 1. The first kappa shape index (κ1) is 88.8. The first-order valence-corrected chi connectivity index (χ1v) is 38.5. The molecule has 42 heteroatoms. The number of nitrogens with one attached hydrogen (secondary N) is 2. The lowest BCUT2D eigenvalue weighted by Crippen LogP contribution is -2.43. The van der Waals surface area contributed by atoms with Crippen LogP contribution in [0.3, 0.4) is 0 Å². The molecule has 6 heterocycles. The molecule has 7 aromatic rings. The number of hydrogen-bond acceptors (Lipinski definition) is 21. The van der Waals surface area contributed by atoms with Crippen molar-refractivity contribution in [2.75, 3.05) is 52.5 Å². The van der Waals surface area contributed by atoms with Crippen LogP contribution in [0, 0.1) is 121 Å². The number of amides is 1. The predicted octanol–water partition coefficient (Wildman–Crippen LogP) is 12.7. The second kappa shape index (κ2) is 34.5. The first-order valence-electron chi connectivity index (χ1n) is 38.5. The number of benzene rings is 7. The van der Waals surface area contributed by atoms with E-state index in [4.69, 9.17) is 57.3 Å². The molecule has 7 aromatic carbocycles. The van der Waals surface area contributed by atoms with Gasteiger partial charge >= 0.3 is 0 Å². The molecule has 20 atom stereocenters. The zero-order valence-corrected chi connectivity index (χ0v) is 64.5. The van der Waals surface area contributed by atoms with Crippen LogP contribution in [0.25, 0.3) is 0 Å². The maximum atomic E-state index is 14.3. The van der Waals surface area contributed by atoms with E-state index in [1.807, 2.05) is 0 Å². The van der Waals surface area contributed by atoms with Gasteiger partial charge in [0.15, 0.2) is 69.8 Å². The highest BCUT2D eigenvalue weighted by Crippen LogP contribution is 2.59. The van der Waals surface area contributed by atoms with E-state index in [9.17, 15) is 103 Å². The molecule has 13 aliphatic rings. The number of oxime groups is 1. The molecule has 20 rings (SSSR count). The fourth-order valence-electron chi connectivity index (χ4n) is 16.6. The summed E-state index contributed by atoms with van der Waals surface area (Å²) >= 11 is 0. The Balaban J connectivity index is 0.000000120. The normalized spacial score (nSPS) is 31.2. The molecule has 13 N–H and O–H groups in total. The number of aliphatic hydroxyl groups is 1. The number of rotatable bonds is 16. The molecule has 23 nitrogen and oxygen atoms in total. The lowest BCUT2D eigenvalue weighted by Gasteiger charge is -2.32. The van der Waals surface area contributed by atoms with Crippen molar-refractivity contribution < 1.29 is 127 Å². The number of halogens is 19. The summed E-state index contributed by atoms with van der Waals surface area (Å²) in [5.41, 5.74) is 20.1. The van der Waals surface area contributed by atoms with Crippen LogP contribution in [0.5, 0.6) is 0 Å². The number of hydrogen-bond donors (Lipinski definition) is 8. The van der Waals surface area contributed by atoms with Gasteiger partial charge in [-0.3, -0.25) is 25.1 Å². The number of nitrogen functional groups attached to an aromatic ring is 1. The maximum Gasteiger partial charge on any atom is 0.292 e. The van der Waals surface area contributed by atoms with Gasteiger partial charge in [0.1, 0.15) is 105 Å². The number of ether oxygens (including phenoxy) is 4. The second-order valence-electron chi connectivity index (χ2n) is 31.6. The Labute approximate surface area is 691 Å². The fourth-order valence-corrected chi connectivity index (χ4v) is 16.6. The van der Waals surface area contributed by atoms with E-state index in [1.165, 1.54) is 54.6 Å². The van der Waals surface area contributed by atoms with Gasteiger partial charge in [-0.15, -0.1) is 0 Å². The number of amidine groups is 4. The van der Waals surface area contributed by atoms with Crippen molar-refractivity contribution in [3.8, 4) is 0 Å². The van der Waals surface area contributed by atoms with Crippen LogP contribution in [-0.4, -0.2) is 135 Å². The number of nitrogens with two attached hydrogens (primary N) is 5. The monoisotopic (exact) mass is 1760 g/mol. The summed E-state index contributed by atoms with van der Waals surface area (Å²) in [4.78, 5) is 47.9. The van der Waals surface area contributed by atoms with Crippen molar-refractivity contribution in [3.63, 3.8) is 0 Å².